The van der Waals surface area contributed by atoms with E-state index < -0.39 is 32.8 Å². The normalized spacial score (nSPS) is 12.8. The van der Waals surface area contributed by atoms with Gasteiger partial charge in [0.15, 0.2) is 5.25 Å². The van der Waals surface area contributed by atoms with Crippen molar-refractivity contribution >= 4 is 33.3 Å². The second kappa shape index (κ2) is 5.62. The van der Waals surface area contributed by atoms with Crippen LogP contribution in [0.4, 0.5) is 10.1 Å². The van der Waals surface area contributed by atoms with Crippen molar-refractivity contribution in [1.82, 2.24) is 0 Å². The first kappa shape index (κ1) is 15.5. The molecule has 0 saturated heterocycles. The van der Waals surface area contributed by atoms with E-state index in [1.807, 2.05) is 4.72 Å². The number of esters is 1. The molecule has 0 fully saturated rings. The molecule has 1 aromatic rings. The second-order valence-electron chi connectivity index (χ2n) is 3.60. The molecule has 0 aromatic heterocycles. The zero-order valence-electron chi connectivity index (χ0n) is 9.98. The number of aromatic hydroxyl groups is 1. The number of anilines is 1. The highest BCUT2D eigenvalue weighted by molar-refractivity contribution is 7.94. The van der Waals surface area contributed by atoms with Gasteiger partial charge in [-0.2, -0.15) is 0 Å². The predicted molar refractivity (Wildman–Crippen MR) is 67.1 cm³/mol. The van der Waals surface area contributed by atoms with Crippen molar-refractivity contribution < 1.29 is 27.4 Å². The molecule has 1 rings (SSSR count). The van der Waals surface area contributed by atoms with Crippen molar-refractivity contribution in [3.8, 4) is 5.75 Å². The van der Waals surface area contributed by atoms with Crippen molar-refractivity contribution in [2.24, 2.45) is 0 Å². The van der Waals surface area contributed by atoms with E-state index in [0.717, 1.165) is 20.1 Å². The van der Waals surface area contributed by atoms with Gasteiger partial charge in [0.05, 0.1) is 17.8 Å². The summed E-state index contributed by atoms with van der Waals surface area (Å²) in [5, 5.41) is 7.54. The molecule has 106 valence electrons. The van der Waals surface area contributed by atoms with Gasteiger partial charge in [-0.1, -0.05) is 11.6 Å². The van der Waals surface area contributed by atoms with E-state index in [4.69, 9.17) is 11.6 Å². The van der Waals surface area contributed by atoms with Crippen LogP contribution in [0.2, 0.25) is 5.02 Å². The van der Waals surface area contributed by atoms with Gasteiger partial charge in [-0.05, 0) is 13.0 Å². The van der Waals surface area contributed by atoms with E-state index in [1.165, 1.54) is 0 Å². The molecule has 1 aromatic carbocycles. The molecule has 19 heavy (non-hydrogen) atoms. The number of hydrogen-bond acceptors (Lipinski definition) is 5. The van der Waals surface area contributed by atoms with E-state index in [9.17, 15) is 22.7 Å². The lowest BCUT2D eigenvalue weighted by Crippen LogP contribution is -2.33. The zero-order chi connectivity index (χ0) is 14.8. The Morgan fingerprint density at radius 1 is 1.53 bits per heavy atom. The molecule has 6 nitrogen and oxygen atoms in total. The molecule has 9 heteroatoms. The molecule has 0 amide bonds. The molecule has 0 heterocycles. The minimum atomic E-state index is -4.14. The highest BCUT2D eigenvalue weighted by Gasteiger charge is 2.29. The topological polar surface area (TPSA) is 92.7 Å². The van der Waals surface area contributed by atoms with Crippen LogP contribution in [0.3, 0.4) is 0 Å². The summed E-state index contributed by atoms with van der Waals surface area (Å²) in [6.45, 7) is 1.11. The maximum atomic E-state index is 13.0. The fourth-order valence-electron chi connectivity index (χ4n) is 1.15. The smallest absolute Gasteiger partial charge is 0.325 e. The summed E-state index contributed by atoms with van der Waals surface area (Å²) in [4.78, 5) is 11.2. The summed E-state index contributed by atoms with van der Waals surface area (Å²) >= 11 is 5.47. The number of phenolic OH excluding ortho intramolecular Hbond substituents is 1. The van der Waals surface area contributed by atoms with Crippen molar-refractivity contribution in [2.75, 3.05) is 11.8 Å². The first-order valence-corrected chi connectivity index (χ1v) is 6.89. The van der Waals surface area contributed by atoms with Crippen LogP contribution in [-0.4, -0.2) is 31.9 Å². The average molecular weight is 312 g/mol. The highest BCUT2D eigenvalue weighted by atomic mass is 35.5. The quantitative estimate of drug-likeness (QED) is 0.649. The first-order valence-electron chi connectivity index (χ1n) is 4.96. The van der Waals surface area contributed by atoms with Gasteiger partial charge in [-0.15, -0.1) is 0 Å². The number of carbonyl (C=O) groups excluding carboxylic acids is 1. The molecule has 2 N–H and O–H groups in total. The van der Waals surface area contributed by atoms with E-state index in [1.54, 1.807) is 0 Å². The molecule has 0 bridgehead atoms. The van der Waals surface area contributed by atoms with Crippen LogP contribution in [0.15, 0.2) is 12.1 Å². The zero-order valence-corrected chi connectivity index (χ0v) is 11.5. The van der Waals surface area contributed by atoms with E-state index in [2.05, 4.69) is 4.74 Å². The third-order valence-electron chi connectivity index (χ3n) is 2.29. The third kappa shape index (κ3) is 3.48. The Labute approximate surface area is 114 Å². The Morgan fingerprint density at radius 2 is 2.11 bits per heavy atom. The number of methoxy groups -OCH3 is 1. The Bertz CT molecular complexity index is 604. The number of carbonyl (C=O) groups is 1. The lowest BCUT2D eigenvalue weighted by molar-refractivity contribution is -0.139. The van der Waals surface area contributed by atoms with E-state index >= 15 is 0 Å². The molecule has 0 aliphatic rings. The van der Waals surface area contributed by atoms with Crippen LogP contribution >= 0.6 is 11.6 Å². The first-order chi connectivity index (χ1) is 8.69. The Hall–Kier alpha value is -1.54. The second-order valence-corrected chi connectivity index (χ2v) is 6.00. The maximum Gasteiger partial charge on any atom is 0.325 e. The van der Waals surface area contributed by atoms with Gasteiger partial charge in [0.25, 0.3) is 0 Å². The van der Waals surface area contributed by atoms with Crippen molar-refractivity contribution in [2.45, 2.75) is 12.2 Å². The standard InChI is InChI=1S/C10H11ClFNO5S/c1-5(10(15)18-2)19(16,17)13-8-3-6(11)7(12)4-9(8)14/h3-5,13-14H,1-2H3. The number of phenols is 1. The van der Waals surface area contributed by atoms with Crippen LogP contribution in [0.25, 0.3) is 0 Å². The Kier molecular flexibility index (Phi) is 4.59. The molecule has 0 radical (unpaired) electrons. The molecule has 0 spiro atoms. The number of benzene rings is 1. The summed E-state index contributed by atoms with van der Waals surface area (Å²) in [6.07, 6.45) is 0. The van der Waals surface area contributed by atoms with Crippen LogP contribution in [-0.2, 0) is 19.6 Å². The molecular weight excluding hydrogens is 301 g/mol. The van der Waals surface area contributed by atoms with Gasteiger partial charge >= 0.3 is 5.97 Å². The fourth-order valence-corrected chi connectivity index (χ4v) is 2.31. The number of halogens is 2. The van der Waals surface area contributed by atoms with Gasteiger partial charge in [-0.3, -0.25) is 9.52 Å². The number of ether oxygens (including phenoxy) is 1. The lowest BCUT2D eigenvalue weighted by atomic mass is 10.3. The molecule has 1 unspecified atom stereocenters. The predicted octanol–water partition coefficient (Wildman–Crippen LogP) is 1.49. The molecular formula is C10H11ClFNO5S. The van der Waals surface area contributed by atoms with E-state index in [-0.39, 0.29) is 10.7 Å². The van der Waals surface area contributed by atoms with Crippen LogP contribution in [0.1, 0.15) is 6.92 Å². The molecule has 0 aliphatic carbocycles. The summed E-state index contributed by atoms with van der Waals surface area (Å²) < 4.78 is 42.8. The van der Waals surface area contributed by atoms with Gasteiger partial charge in [0.1, 0.15) is 11.6 Å². The van der Waals surface area contributed by atoms with Crippen molar-refractivity contribution in [3.63, 3.8) is 0 Å². The van der Waals surface area contributed by atoms with Crippen molar-refractivity contribution in [3.05, 3.63) is 23.0 Å². The van der Waals surface area contributed by atoms with Gasteiger partial charge in [-0.25, -0.2) is 12.8 Å². The summed E-state index contributed by atoms with van der Waals surface area (Å²) in [7, 11) is -3.10. The van der Waals surface area contributed by atoms with Crippen molar-refractivity contribution in [1.29, 1.82) is 0 Å². The monoisotopic (exact) mass is 311 g/mol. The summed E-state index contributed by atoms with van der Waals surface area (Å²) in [6, 6.07) is 1.55. The molecule has 0 saturated carbocycles. The fraction of sp³-hybridized carbons (Fsp3) is 0.300. The molecule has 1 atom stereocenters. The Balaban J connectivity index is 3.09. The van der Waals surface area contributed by atoms with E-state index in [0.29, 0.717) is 6.07 Å². The van der Waals surface area contributed by atoms with Crippen LogP contribution in [0.5, 0.6) is 5.75 Å². The Morgan fingerprint density at radius 3 is 2.63 bits per heavy atom. The lowest BCUT2D eigenvalue weighted by Gasteiger charge is -2.14. The number of hydrogen-bond donors (Lipinski definition) is 2. The van der Waals surface area contributed by atoms with Gasteiger partial charge in [0, 0.05) is 6.07 Å². The highest BCUT2D eigenvalue weighted by Crippen LogP contribution is 2.30. The van der Waals surface area contributed by atoms with Gasteiger partial charge in [0.2, 0.25) is 10.0 Å². The number of rotatable bonds is 4. The van der Waals surface area contributed by atoms with Crippen LogP contribution < -0.4 is 4.72 Å². The minimum absolute atomic E-state index is 0.331. The summed E-state index contributed by atoms with van der Waals surface area (Å²) in [5.74, 6) is -2.52. The number of nitrogens with one attached hydrogen (secondary N) is 1. The van der Waals surface area contributed by atoms with Gasteiger partial charge < -0.3 is 9.84 Å². The molecule has 0 aliphatic heterocycles. The van der Waals surface area contributed by atoms with Crippen LogP contribution in [0, 0.1) is 5.82 Å². The summed E-state index contributed by atoms with van der Waals surface area (Å²) in [5.41, 5.74) is -0.331. The SMILES string of the molecule is COC(=O)C(C)S(=O)(=O)Nc1cc(Cl)c(F)cc1O. The minimum Gasteiger partial charge on any atom is -0.506 e. The largest absolute Gasteiger partial charge is 0.506 e. The third-order valence-corrected chi connectivity index (χ3v) is 4.21. The number of sulfonamides is 1. The maximum absolute atomic E-state index is 13.0. The average Bonchev–Trinajstić information content (AvgIpc) is 2.33.